The van der Waals surface area contributed by atoms with Crippen LogP contribution < -0.4 is 15.5 Å². The first kappa shape index (κ1) is 25.4. The van der Waals surface area contributed by atoms with Crippen LogP contribution in [-0.2, 0) is 14.4 Å². The van der Waals surface area contributed by atoms with Crippen LogP contribution in [-0.4, -0.2) is 52.9 Å². The van der Waals surface area contributed by atoms with Gasteiger partial charge in [0.25, 0.3) is 5.91 Å². The van der Waals surface area contributed by atoms with Gasteiger partial charge in [-0.15, -0.1) is 13.2 Å². The first-order chi connectivity index (χ1) is 15.1. The maximum Gasteiger partial charge on any atom is 0.573 e. The Morgan fingerprint density at radius 1 is 1.31 bits per heavy atom. The van der Waals surface area contributed by atoms with Crippen molar-refractivity contribution in [3.63, 3.8) is 0 Å². The summed E-state index contributed by atoms with van der Waals surface area (Å²) in [5.41, 5.74) is 1.23. The molecule has 1 aromatic rings. The van der Waals surface area contributed by atoms with Crippen LogP contribution in [0.2, 0.25) is 0 Å². The molecule has 32 heavy (non-hydrogen) atoms. The SMILES string of the molecule is CCCC[C@@H](C(=O)N1CCCC1C(=O)Nc1cccc(OC(F)(F)F)c1)[C@@H](F)C(=O)NO. The van der Waals surface area contributed by atoms with Gasteiger partial charge >= 0.3 is 6.36 Å². The van der Waals surface area contributed by atoms with E-state index in [4.69, 9.17) is 5.21 Å². The highest BCUT2D eigenvalue weighted by Gasteiger charge is 2.41. The minimum absolute atomic E-state index is 0.0293. The van der Waals surface area contributed by atoms with Crippen LogP contribution in [0, 0.1) is 5.92 Å². The number of nitrogens with zero attached hydrogens (tertiary/aromatic N) is 1. The molecule has 178 valence electrons. The molecule has 3 atom stereocenters. The Kier molecular flexibility index (Phi) is 8.81. The van der Waals surface area contributed by atoms with Crippen molar-refractivity contribution in [1.29, 1.82) is 0 Å². The van der Waals surface area contributed by atoms with Crippen LogP contribution in [0.15, 0.2) is 24.3 Å². The molecule has 8 nitrogen and oxygen atoms in total. The molecule has 0 spiro atoms. The molecular weight excluding hydrogens is 438 g/mol. The highest BCUT2D eigenvalue weighted by atomic mass is 19.4. The summed E-state index contributed by atoms with van der Waals surface area (Å²) >= 11 is 0. The molecule has 0 aromatic heterocycles. The normalized spacial score (nSPS) is 18.1. The Morgan fingerprint density at radius 2 is 2.03 bits per heavy atom. The Balaban J connectivity index is 2.14. The molecule has 0 bridgehead atoms. The first-order valence-electron chi connectivity index (χ1n) is 10.1. The molecule has 3 N–H and O–H groups in total. The van der Waals surface area contributed by atoms with E-state index in [1.807, 2.05) is 6.92 Å². The Hall–Kier alpha value is -2.89. The number of hydroxylamine groups is 1. The molecule has 1 aromatic carbocycles. The van der Waals surface area contributed by atoms with Gasteiger partial charge in [-0.05, 0) is 31.4 Å². The summed E-state index contributed by atoms with van der Waals surface area (Å²) in [5, 5.41) is 11.2. The number of halogens is 4. The summed E-state index contributed by atoms with van der Waals surface area (Å²) in [6, 6.07) is 3.69. The van der Waals surface area contributed by atoms with Crippen molar-refractivity contribution < 1.29 is 41.9 Å². The van der Waals surface area contributed by atoms with Crippen LogP contribution in [0.1, 0.15) is 39.0 Å². The van der Waals surface area contributed by atoms with Gasteiger partial charge in [-0.2, -0.15) is 0 Å². The molecule has 0 saturated carbocycles. The molecule has 12 heteroatoms. The van der Waals surface area contributed by atoms with Gasteiger partial charge in [0.05, 0.1) is 5.92 Å². The molecule has 2 rings (SSSR count). The second kappa shape index (κ2) is 11.1. The number of ether oxygens (including phenoxy) is 1. The number of likely N-dealkylation sites (tertiary alicyclic amines) is 1. The highest BCUT2D eigenvalue weighted by Crippen LogP contribution is 2.28. The Morgan fingerprint density at radius 3 is 2.66 bits per heavy atom. The smallest absolute Gasteiger partial charge is 0.406 e. The molecule has 1 saturated heterocycles. The maximum atomic E-state index is 14.5. The predicted octanol–water partition coefficient (Wildman–Crippen LogP) is 3.16. The summed E-state index contributed by atoms with van der Waals surface area (Å²) in [6.45, 7) is 1.98. The molecule has 3 amide bonds. The number of hydrogen-bond acceptors (Lipinski definition) is 5. The van der Waals surface area contributed by atoms with Gasteiger partial charge < -0.3 is 15.0 Å². The Labute approximate surface area is 181 Å². The van der Waals surface area contributed by atoms with Crippen LogP contribution in [0.5, 0.6) is 5.75 Å². The average molecular weight is 463 g/mol. The van der Waals surface area contributed by atoms with Crippen molar-refractivity contribution in [3.05, 3.63) is 24.3 Å². The Bertz CT molecular complexity index is 821. The molecule has 1 heterocycles. The minimum Gasteiger partial charge on any atom is -0.406 e. The fourth-order valence-corrected chi connectivity index (χ4v) is 3.58. The van der Waals surface area contributed by atoms with Crippen molar-refractivity contribution >= 4 is 23.4 Å². The number of unbranched alkanes of at least 4 members (excludes halogenated alkanes) is 1. The third-order valence-corrected chi connectivity index (χ3v) is 5.07. The lowest BCUT2D eigenvalue weighted by Crippen LogP contribution is -2.49. The lowest BCUT2D eigenvalue weighted by atomic mass is 9.94. The van der Waals surface area contributed by atoms with E-state index >= 15 is 0 Å². The fraction of sp³-hybridized carbons (Fsp3) is 0.550. The number of nitrogens with one attached hydrogen (secondary N) is 2. The topological polar surface area (TPSA) is 108 Å². The molecule has 1 unspecified atom stereocenters. The minimum atomic E-state index is -4.89. The van der Waals surface area contributed by atoms with E-state index in [0.29, 0.717) is 19.3 Å². The summed E-state index contributed by atoms with van der Waals surface area (Å²) in [4.78, 5) is 38.4. The van der Waals surface area contributed by atoms with E-state index in [9.17, 15) is 31.9 Å². The highest BCUT2D eigenvalue weighted by molar-refractivity contribution is 5.98. The third-order valence-electron chi connectivity index (χ3n) is 5.07. The fourth-order valence-electron chi connectivity index (χ4n) is 3.58. The monoisotopic (exact) mass is 463 g/mol. The van der Waals surface area contributed by atoms with Crippen LogP contribution >= 0.6 is 0 Å². The molecule has 1 fully saturated rings. The summed E-state index contributed by atoms with van der Waals surface area (Å²) in [5.74, 6) is -4.64. The van der Waals surface area contributed by atoms with E-state index in [0.717, 1.165) is 12.1 Å². The van der Waals surface area contributed by atoms with Gasteiger partial charge in [-0.3, -0.25) is 19.6 Å². The van der Waals surface area contributed by atoms with Crippen LogP contribution in [0.3, 0.4) is 0 Å². The molecule has 1 aliphatic rings. The number of carbonyl (C=O) groups excluding carboxylic acids is 3. The van der Waals surface area contributed by atoms with Gasteiger partial charge in [0.2, 0.25) is 11.8 Å². The van der Waals surface area contributed by atoms with E-state index in [1.54, 1.807) is 0 Å². The van der Waals surface area contributed by atoms with Crippen molar-refractivity contribution in [1.82, 2.24) is 10.4 Å². The number of carbonyl (C=O) groups is 3. The van der Waals surface area contributed by atoms with Gasteiger partial charge in [-0.25, -0.2) is 9.87 Å². The van der Waals surface area contributed by atoms with Crippen LogP contribution in [0.25, 0.3) is 0 Å². The number of anilines is 1. The second-order valence-electron chi connectivity index (χ2n) is 7.38. The van der Waals surface area contributed by atoms with E-state index < -0.39 is 48.0 Å². The molecule has 0 radical (unpaired) electrons. The molecule has 0 aliphatic carbocycles. The average Bonchev–Trinajstić information content (AvgIpc) is 3.22. The van der Waals surface area contributed by atoms with Crippen LogP contribution in [0.4, 0.5) is 23.2 Å². The zero-order valence-corrected chi connectivity index (χ0v) is 17.3. The zero-order chi connectivity index (χ0) is 23.9. The summed E-state index contributed by atoms with van der Waals surface area (Å²) in [7, 11) is 0. The van der Waals surface area contributed by atoms with Crippen molar-refractivity contribution in [3.8, 4) is 5.75 Å². The van der Waals surface area contributed by atoms with E-state index in [2.05, 4.69) is 10.1 Å². The lowest BCUT2D eigenvalue weighted by molar-refractivity contribution is -0.274. The van der Waals surface area contributed by atoms with Crippen molar-refractivity contribution in [2.24, 2.45) is 5.92 Å². The van der Waals surface area contributed by atoms with Gasteiger partial charge in [0, 0.05) is 18.3 Å². The first-order valence-corrected chi connectivity index (χ1v) is 10.1. The number of hydrogen-bond donors (Lipinski definition) is 3. The standard InChI is InChI=1S/C20H25F4N3O5/c1-2-3-8-14(16(21)18(29)26-31)19(30)27-10-5-9-15(27)17(28)25-12-6-4-7-13(11-12)32-20(22,23)24/h4,6-7,11,14-16,31H,2-3,5,8-10H2,1H3,(H,25,28)(H,26,29)/t14-,15?,16-/m1/s1. The second-order valence-corrected chi connectivity index (χ2v) is 7.38. The van der Waals surface area contributed by atoms with Crippen molar-refractivity contribution in [2.75, 3.05) is 11.9 Å². The van der Waals surface area contributed by atoms with E-state index in [1.165, 1.54) is 22.5 Å². The number of benzene rings is 1. The number of alkyl halides is 4. The predicted molar refractivity (Wildman–Crippen MR) is 104 cm³/mol. The summed E-state index contributed by atoms with van der Waals surface area (Å²) < 4.78 is 55.6. The molecular formula is C20H25F4N3O5. The van der Waals surface area contributed by atoms with Gasteiger partial charge in [0.15, 0.2) is 6.17 Å². The molecule has 1 aliphatic heterocycles. The third kappa shape index (κ3) is 6.81. The largest absolute Gasteiger partial charge is 0.573 e. The quantitative estimate of drug-likeness (QED) is 0.296. The zero-order valence-electron chi connectivity index (χ0n) is 17.3. The van der Waals surface area contributed by atoms with Crippen molar-refractivity contribution in [2.45, 2.75) is 57.6 Å². The number of amides is 3. The summed E-state index contributed by atoms with van der Waals surface area (Å²) in [6.07, 6.45) is -5.34. The van der Waals surface area contributed by atoms with Gasteiger partial charge in [-0.1, -0.05) is 25.8 Å². The lowest BCUT2D eigenvalue weighted by Gasteiger charge is -2.29. The number of rotatable bonds is 9. The maximum absolute atomic E-state index is 14.5. The van der Waals surface area contributed by atoms with Gasteiger partial charge in [0.1, 0.15) is 11.8 Å². The van der Waals surface area contributed by atoms with E-state index in [-0.39, 0.29) is 25.1 Å².